The van der Waals surface area contributed by atoms with Crippen LogP contribution >= 0.6 is 0 Å². The first-order valence-corrected chi connectivity index (χ1v) is 6.71. The number of aryl methyl sites for hydroxylation is 1. The van der Waals surface area contributed by atoms with E-state index < -0.39 is 0 Å². The minimum absolute atomic E-state index is 0.0330. The predicted molar refractivity (Wildman–Crippen MR) is 80.8 cm³/mol. The Morgan fingerprint density at radius 1 is 1.33 bits per heavy atom. The molecule has 1 rings (SSSR count). The molecule has 5 nitrogen and oxygen atoms in total. The van der Waals surface area contributed by atoms with E-state index in [1.165, 1.54) is 4.90 Å². The maximum Gasteiger partial charge on any atom is 0.251 e. The molecule has 112 valence electrons. The molecule has 0 radical (unpaired) electrons. The van der Waals surface area contributed by atoms with E-state index in [4.69, 9.17) is 5.11 Å². The van der Waals surface area contributed by atoms with Crippen molar-refractivity contribution >= 4 is 11.8 Å². The third kappa shape index (κ3) is 5.28. The van der Waals surface area contributed by atoms with Crippen molar-refractivity contribution in [3.8, 4) is 11.8 Å². The van der Waals surface area contributed by atoms with E-state index in [2.05, 4.69) is 17.2 Å². The summed E-state index contributed by atoms with van der Waals surface area (Å²) in [6.45, 7) is 4.06. The molecule has 0 fully saturated rings. The van der Waals surface area contributed by atoms with E-state index in [0.717, 1.165) is 5.56 Å². The first-order chi connectivity index (χ1) is 9.97. The Morgan fingerprint density at radius 3 is 2.67 bits per heavy atom. The minimum Gasteiger partial charge on any atom is -0.384 e. The molecule has 0 heterocycles. The molecule has 0 bridgehead atoms. The molecule has 0 aromatic heterocycles. The molecule has 0 unspecified atom stereocenters. The summed E-state index contributed by atoms with van der Waals surface area (Å²) < 4.78 is 0. The van der Waals surface area contributed by atoms with Crippen molar-refractivity contribution in [2.45, 2.75) is 13.8 Å². The smallest absolute Gasteiger partial charge is 0.251 e. The Bertz CT molecular complexity index is 585. The van der Waals surface area contributed by atoms with Gasteiger partial charge in [0.25, 0.3) is 5.91 Å². The lowest BCUT2D eigenvalue weighted by molar-refractivity contribution is -0.128. The number of likely N-dealkylation sites (N-methyl/N-ethyl adjacent to an activating group) is 1. The normalized spacial score (nSPS) is 9.52. The lowest BCUT2D eigenvalue weighted by Crippen LogP contribution is -2.38. The van der Waals surface area contributed by atoms with Crippen molar-refractivity contribution in [2.75, 3.05) is 26.7 Å². The number of benzene rings is 1. The van der Waals surface area contributed by atoms with Gasteiger partial charge in [-0.2, -0.15) is 0 Å². The number of hydrogen-bond acceptors (Lipinski definition) is 3. The third-order valence-corrected chi connectivity index (χ3v) is 2.95. The molecule has 0 saturated carbocycles. The molecule has 2 amide bonds. The number of rotatable bonds is 4. The largest absolute Gasteiger partial charge is 0.384 e. The highest BCUT2D eigenvalue weighted by Gasteiger charge is 2.11. The van der Waals surface area contributed by atoms with E-state index in [1.54, 1.807) is 19.2 Å². The van der Waals surface area contributed by atoms with Gasteiger partial charge in [-0.1, -0.05) is 11.8 Å². The minimum atomic E-state index is -0.316. The highest BCUT2D eigenvalue weighted by Crippen LogP contribution is 2.09. The van der Waals surface area contributed by atoms with E-state index in [9.17, 15) is 9.59 Å². The second-order valence-corrected chi connectivity index (χ2v) is 4.64. The van der Waals surface area contributed by atoms with Gasteiger partial charge in [-0.15, -0.1) is 0 Å². The van der Waals surface area contributed by atoms with E-state index in [0.29, 0.717) is 17.7 Å². The Kier molecular flexibility index (Phi) is 6.44. The first-order valence-electron chi connectivity index (χ1n) is 6.71. The Hall–Kier alpha value is -2.32. The number of nitrogens with one attached hydrogen (secondary N) is 1. The van der Waals surface area contributed by atoms with Gasteiger partial charge in [-0.05, 0) is 37.6 Å². The molecule has 21 heavy (non-hydrogen) atoms. The van der Waals surface area contributed by atoms with Gasteiger partial charge in [0.05, 0.1) is 6.54 Å². The zero-order valence-electron chi connectivity index (χ0n) is 12.6. The summed E-state index contributed by atoms with van der Waals surface area (Å²) >= 11 is 0. The highest BCUT2D eigenvalue weighted by atomic mass is 16.2. The quantitative estimate of drug-likeness (QED) is 0.795. The fourth-order valence-electron chi connectivity index (χ4n) is 1.70. The fraction of sp³-hybridized carbons (Fsp3) is 0.375. The lowest BCUT2D eigenvalue weighted by Gasteiger charge is -2.14. The molecule has 0 aliphatic rings. The average molecular weight is 288 g/mol. The van der Waals surface area contributed by atoms with Crippen LogP contribution in [0.5, 0.6) is 0 Å². The Labute approximate surface area is 125 Å². The Morgan fingerprint density at radius 2 is 2.05 bits per heavy atom. The van der Waals surface area contributed by atoms with Crippen LogP contribution in [0, 0.1) is 18.8 Å². The molecule has 0 aliphatic carbocycles. The summed E-state index contributed by atoms with van der Waals surface area (Å²) in [6.07, 6.45) is 0. The summed E-state index contributed by atoms with van der Waals surface area (Å²) in [5.74, 6) is 4.86. The van der Waals surface area contributed by atoms with Gasteiger partial charge in [0.15, 0.2) is 0 Å². The van der Waals surface area contributed by atoms with Gasteiger partial charge in [-0.3, -0.25) is 9.59 Å². The van der Waals surface area contributed by atoms with E-state index >= 15 is 0 Å². The number of nitrogens with zero attached hydrogens (tertiary/aromatic N) is 1. The van der Waals surface area contributed by atoms with E-state index in [-0.39, 0.29) is 25.0 Å². The zero-order chi connectivity index (χ0) is 15.8. The zero-order valence-corrected chi connectivity index (χ0v) is 12.6. The maximum atomic E-state index is 12.1. The molecular weight excluding hydrogens is 268 g/mol. The second kappa shape index (κ2) is 8.08. The average Bonchev–Trinajstić information content (AvgIpc) is 2.48. The van der Waals surface area contributed by atoms with Gasteiger partial charge in [0.2, 0.25) is 5.91 Å². The topological polar surface area (TPSA) is 69.6 Å². The van der Waals surface area contributed by atoms with Crippen molar-refractivity contribution < 1.29 is 14.7 Å². The number of aliphatic hydroxyl groups is 1. The van der Waals surface area contributed by atoms with Gasteiger partial charge < -0.3 is 15.3 Å². The Balaban J connectivity index is 2.78. The van der Waals surface area contributed by atoms with Crippen LogP contribution in [0.4, 0.5) is 0 Å². The monoisotopic (exact) mass is 288 g/mol. The summed E-state index contributed by atoms with van der Waals surface area (Å²) in [5, 5.41) is 11.3. The third-order valence-electron chi connectivity index (χ3n) is 2.95. The fourth-order valence-corrected chi connectivity index (χ4v) is 1.70. The second-order valence-electron chi connectivity index (χ2n) is 4.64. The first kappa shape index (κ1) is 16.7. The van der Waals surface area contributed by atoms with Crippen LogP contribution in [0.25, 0.3) is 0 Å². The van der Waals surface area contributed by atoms with Gasteiger partial charge in [0, 0.05) is 24.7 Å². The number of carbonyl (C=O) groups is 2. The van der Waals surface area contributed by atoms with Crippen LogP contribution in [0.1, 0.15) is 28.4 Å². The van der Waals surface area contributed by atoms with Crippen LogP contribution in [-0.2, 0) is 4.79 Å². The molecule has 0 spiro atoms. The van der Waals surface area contributed by atoms with Crippen LogP contribution in [-0.4, -0.2) is 48.6 Å². The molecule has 0 saturated heterocycles. The number of carbonyl (C=O) groups excluding carboxylic acids is 2. The number of aliphatic hydroxyl groups excluding tert-OH is 1. The number of amides is 2. The lowest BCUT2D eigenvalue weighted by atomic mass is 10.1. The summed E-state index contributed by atoms with van der Waals surface area (Å²) in [4.78, 5) is 25.2. The van der Waals surface area contributed by atoms with Crippen molar-refractivity contribution in [3.63, 3.8) is 0 Å². The molecule has 2 N–H and O–H groups in total. The van der Waals surface area contributed by atoms with Crippen molar-refractivity contribution in [1.82, 2.24) is 10.2 Å². The van der Waals surface area contributed by atoms with Crippen LogP contribution in [0.3, 0.4) is 0 Å². The van der Waals surface area contributed by atoms with Crippen LogP contribution in [0.2, 0.25) is 0 Å². The standard InChI is InChI=1S/C16H20N2O3/c1-4-18(3)15(20)11-17-16(21)14-9-12(2)8-13(10-14)6-5-7-19/h8-10,19H,4,7,11H2,1-3H3,(H,17,21). The SMILES string of the molecule is CCN(C)C(=O)CNC(=O)c1cc(C)cc(C#CCO)c1. The summed E-state index contributed by atoms with van der Waals surface area (Å²) in [6, 6.07) is 5.20. The van der Waals surface area contributed by atoms with Gasteiger partial charge in [-0.25, -0.2) is 0 Å². The van der Waals surface area contributed by atoms with Crippen LogP contribution in [0.15, 0.2) is 18.2 Å². The van der Waals surface area contributed by atoms with Gasteiger partial charge >= 0.3 is 0 Å². The predicted octanol–water partition coefficient (Wildman–Crippen LogP) is 0.547. The van der Waals surface area contributed by atoms with Gasteiger partial charge in [0.1, 0.15) is 6.61 Å². The summed E-state index contributed by atoms with van der Waals surface area (Å²) in [7, 11) is 1.68. The van der Waals surface area contributed by atoms with Crippen molar-refractivity contribution in [3.05, 3.63) is 34.9 Å². The molecule has 1 aromatic rings. The van der Waals surface area contributed by atoms with Crippen LogP contribution < -0.4 is 5.32 Å². The molecule has 0 aliphatic heterocycles. The molecule has 1 aromatic carbocycles. The van der Waals surface area contributed by atoms with Crippen molar-refractivity contribution in [2.24, 2.45) is 0 Å². The van der Waals surface area contributed by atoms with E-state index in [1.807, 2.05) is 19.9 Å². The highest BCUT2D eigenvalue weighted by molar-refractivity contribution is 5.96. The van der Waals surface area contributed by atoms with Crippen molar-refractivity contribution in [1.29, 1.82) is 0 Å². The molecule has 0 atom stereocenters. The summed E-state index contributed by atoms with van der Waals surface area (Å²) in [5.41, 5.74) is 2.00. The molecule has 5 heteroatoms. The maximum absolute atomic E-state index is 12.1. The number of hydrogen-bond donors (Lipinski definition) is 2. The molecular formula is C16H20N2O3.